The molecule has 0 amide bonds. The number of fused-ring (bicyclic) bond motifs is 1. The van der Waals surface area contributed by atoms with Crippen molar-refractivity contribution in [1.82, 2.24) is 24.8 Å². The molecular formula is C15H20N6. The first kappa shape index (κ1) is 13.6. The van der Waals surface area contributed by atoms with Gasteiger partial charge in [-0.15, -0.1) is 0 Å². The zero-order valence-corrected chi connectivity index (χ0v) is 12.8. The van der Waals surface area contributed by atoms with Gasteiger partial charge in [-0.2, -0.15) is 10.2 Å². The molecule has 21 heavy (non-hydrogen) atoms. The number of H-pyrrole nitrogens is 1. The van der Waals surface area contributed by atoms with Gasteiger partial charge in [-0.25, -0.2) is 9.50 Å². The minimum absolute atomic E-state index is 0.0134. The highest BCUT2D eigenvalue weighted by Crippen LogP contribution is 2.26. The van der Waals surface area contributed by atoms with Crippen LogP contribution in [0.15, 0.2) is 30.9 Å². The number of aromatic nitrogens is 5. The zero-order chi connectivity index (χ0) is 15.0. The number of anilines is 1. The molecule has 1 unspecified atom stereocenters. The smallest absolute Gasteiger partial charge is 0.152 e. The van der Waals surface area contributed by atoms with E-state index in [2.05, 4.69) is 59.4 Å². The Labute approximate surface area is 123 Å². The van der Waals surface area contributed by atoms with E-state index in [1.807, 2.05) is 23.1 Å². The van der Waals surface area contributed by atoms with Gasteiger partial charge >= 0.3 is 0 Å². The number of aromatic amines is 1. The van der Waals surface area contributed by atoms with Crippen molar-refractivity contribution in [1.29, 1.82) is 0 Å². The Balaban J connectivity index is 1.97. The van der Waals surface area contributed by atoms with Crippen LogP contribution < -0.4 is 5.32 Å². The molecule has 0 aliphatic heterocycles. The van der Waals surface area contributed by atoms with E-state index in [4.69, 9.17) is 0 Å². The molecule has 2 N–H and O–H groups in total. The molecule has 0 saturated heterocycles. The van der Waals surface area contributed by atoms with E-state index in [1.165, 1.54) is 0 Å². The summed E-state index contributed by atoms with van der Waals surface area (Å²) >= 11 is 0. The highest BCUT2D eigenvalue weighted by atomic mass is 15.2. The fourth-order valence-corrected chi connectivity index (χ4v) is 2.19. The molecule has 0 radical (unpaired) electrons. The first-order chi connectivity index (χ1) is 9.95. The first-order valence-corrected chi connectivity index (χ1v) is 7.05. The fraction of sp³-hybridized carbons (Fsp3) is 0.400. The van der Waals surface area contributed by atoms with Crippen molar-refractivity contribution in [2.45, 2.75) is 39.2 Å². The lowest BCUT2D eigenvalue weighted by Gasteiger charge is -2.13. The fourth-order valence-electron chi connectivity index (χ4n) is 2.19. The molecule has 0 bridgehead atoms. The summed E-state index contributed by atoms with van der Waals surface area (Å²) in [5, 5.41) is 14.9. The van der Waals surface area contributed by atoms with Crippen LogP contribution in [0.25, 0.3) is 5.52 Å². The Morgan fingerprint density at radius 1 is 1.33 bits per heavy atom. The molecule has 6 heteroatoms. The molecule has 0 aliphatic rings. The Morgan fingerprint density at radius 2 is 2.14 bits per heavy atom. The van der Waals surface area contributed by atoms with Gasteiger partial charge in [0.2, 0.25) is 0 Å². The van der Waals surface area contributed by atoms with E-state index >= 15 is 0 Å². The third-order valence-electron chi connectivity index (χ3n) is 3.53. The summed E-state index contributed by atoms with van der Waals surface area (Å²) in [4.78, 5) is 4.45. The molecule has 0 aliphatic carbocycles. The third kappa shape index (κ3) is 2.61. The van der Waals surface area contributed by atoms with Gasteiger partial charge in [0, 0.05) is 29.6 Å². The Kier molecular flexibility index (Phi) is 3.16. The molecule has 3 aromatic heterocycles. The number of rotatable bonds is 3. The summed E-state index contributed by atoms with van der Waals surface area (Å²) in [6.07, 6.45) is 7.33. The predicted molar refractivity (Wildman–Crippen MR) is 82.3 cm³/mol. The zero-order valence-electron chi connectivity index (χ0n) is 12.8. The number of nitrogens with zero attached hydrogens (tertiary/aromatic N) is 4. The minimum atomic E-state index is 0.0134. The van der Waals surface area contributed by atoms with Crippen molar-refractivity contribution >= 4 is 11.3 Å². The lowest BCUT2D eigenvalue weighted by molar-refractivity contribution is 0.562. The molecule has 0 saturated carbocycles. The Bertz CT molecular complexity index is 735. The topological polar surface area (TPSA) is 70.9 Å². The standard InChI is InChI=1S/C15H20N6/c1-10(11-8-17-18-9-11)19-14-12-7-13(15(2,3)4)20-21(12)6-5-16-14/h5-10H,1-4H3,(H,16,19)(H,17,18). The van der Waals surface area contributed by atoms with Gasteiger partial charge in [-0.05, 0) is 13.0 Å². The largest absolute Gasteiger partial charge is 0.362 e. The van der Waals surface area contributed by atoms with Crippen molar-refractivity contribution in [3.63, 3.8) is 0 Å². The maximum absolute atomic E-state index is 4.63. The van der Waals surface area contributed by atoms with E-state index in [9.17, 15) is 0 Å². The van der Waals surface area contributed by atoms with Gasteiger partial charge in [0.05, 0.1) is 17.9 Å². The third-order valence-corrected chi connectivity index (χ3v) is 3.53. The molecule has 6 nitrogen and oxygen atoms in total. The van der Waals surface area contributed by atoms with Crippen LogP contribution in [-0.2, 0) is 5.41 Å². The Morgan fingerprint density at radius 3 is 2.81 bits per heavy atom. The van der Waals surface area contributed by atoms with Crippen molar-refractivity contribution < 1.29 is 0 Å². The normalized spacial score (nSPS) is 13.5. The number of hydrogen-bond acceptors (Lipinski definition) is 4. The van der Waals surface area contributed by atoms with Crippen LogP contribution in [0.1, 0.15) is 45.0 Å². The van der Waals surface area contributed by atoms with Gasteiger partial charge in [0.25, 0.3) is 0 Å². The van der Waals surface area contributed by atoms with Gasteiger partial charge in [0.15, 0.2) is 5.82 Å². The molecule has 110 valence electrons. The maximum Gasteiger partial charge on any atom is 0.152 e. The first-order valence-electron chi connectivity index (χ1n) is 7.05. The van der Waals surface area contributed by atoms with Crippen LogP contribution in [0.2, 0.25) is 0 Å². The van der Waals surface area contributed by atoms with Gasteiger partial charge in [-0.3, -0.25) is 5.10 Å². The number of nitrogens with one attached hydrogen (secondary N) is 2. The second kappa shape index (κ2) is 4.87. The monoisotopic (exact) mass is 284 g/mol. The van der Waals surface area contributed by atoms with Crippen LogP contribution in [0.4, 0.5) is 5.82 Å². The maximum atomic E-state index is 4.63. The molecule has 3 aromatic rings. The summed E-state index contributed by atoms with van der Waals surface area (Å²) in [6.45, 7) is 8.55. The minimum Gasteiger partial charge on any atom is -0.362 e. The van der Waals surface area contributed by atoms with E-state index in [1.54, 1.807) is 6.20 Å². The van der Waals surface area contributed by atoms with Gasteiger partial charge in [-0.1, -0.05) is 20.8 Å². The van der Waals surface area contributed by atoms with Gasteiger partial charge < -0.3 is 5.32 Å². The molecule has 1 atom stereocenters. The van der Waals surface area contributed by atoms with E-state index < -0.39 is 0 Å². The van der Waals surface area contributed by atoms with Crippen molar-refractivity contribution in [3.8, 4) is 0 Å². The van der Waals surface area contributed by atoms with Crippen LogP contribution >= 0.6 is 0 Å². The lowest BCUT2D eigenvalue weighted by atomic mass is 9.92. The predicted octanol–water partition coefficient (Wildman–Crippen LogP) is 2.92. The van der Waals surface area contributed by atoms with Crippen LogP contribution in [0.5, 0.6) is 0 Å². The van der Waals surface area contributed by atoms with Crippen LogP contribution in [-0.4, -0.2) is 24.8 Å². The average molecular weight is 284 g/mol. The second-order valence-corrected chi connectivity index (χ2v) is 6.28. The highest BCUT2D eigenvalue weighted by molar-refractivity contribution is 5.68. The Hall–Kier alpha value is -2.37. The van der Waals surface area contributed by atoms with E-state index in [0.717, 1.165) is 22.6 Å². The van der Waals surface area contributed by atoms with Crippen molar-refractivity contribution in [3.05, 3.63) is 42.1 Å². The SMILES string of the molecule is CC(Nc1nccn2nc(C(C)(C)C)cc12)c1cn[nH]c1. The summed E-state index contributed by atoms with van der Waals surface area (Å²) in [5.74, 6) is 0.828. The molecule has 3 heterocycles. The highest BCUT2D eigenvalue weighted by Gasteiger charge is 2.19. The molecule has 0 fully saturated rings. The van der Waals surface area contributed by atoms with E-state index in [-0.39, 0.29) is 11.5 Å². The summed E-state index contributed by atoms with van der Waals surface area (Å²) < 4.78 is 1.87. The van der Waals surface area contributed by atoms with Crippen LogP contribution in [0, 0.1) is 0 Å². The molecular weight excluding hydrogens is 264 g/mol. The van der Waals surface area contributed by atoms with Crippen molar-refractivity contribution in [2.24, 2.45) is 0 Å². The average Bonchev–Trinajstić information content (AvgIpc) is 3.07. The summed E-state index contributed by atoms with van der Waals surface area (Å²) in [5.41, 5.74) is 3.14. The quantitative estimate of drug-likeness (QED) is 0.775. The summed E-state index contributed by atoms with van der Waals surface area (Å²) in [6, 6.07) is 2.22. The lowest BCUT2D eigenvalue weighted by Crippen LogP contribution is -2.11. The molecule has 0 aromatic carbocycles. The van der Waals surface area contributed by atoms with E-state index in [0.29, 0.717) is 0 Å². The van der Waals surface area contributed by atoms with Crippen molar-refractivity contribution in [2.75, 3.05) is 5.32 Å². The summed E-state index contributed by atoms with van der Waals surface area (Å²) in [7, 11) is 0. The second-order valence-electron chi connectivity index (χ2n) is 6.28. The van der Waals surface area contributed by atoms with Gasteiger partial charge in [0.1, 0.15) is 5.52 Å². The van der Waals surface area contributed by atoms with Crippen LogP contribution in [0.3, 0.4) is 0 Å². The molecule has 0 spiro atoms. The number of hydrogen-bond donors (Lipinski definition) is 2. The molecule has 3 rings (SSSR count).